The normalized spacial score (nSPS) is 12.2. The summed E-state index contributed by atoms with van der Waals surface area (Å²) in [5.74, 6) is 2.25. The molecule has 30 heteroatoms. The first-order valence-corrected chi connectivity index (χ1v) is 37.1. The van der Waals surface area contributed by atoms with Gasteiger partial charge in [-0.1, -0.05) is 86.3 Å². The summed E-state index contributed by atoms with van der Waals surface area (Å²) in [6, 6.07) is 40.0. The van der Waals surface area contributed by atoms with Gasteiger partial charge in [-0.25, -0.2) is 8.42 Å². The van der Waals surface area contributed by atoms with Crippen molar-refractivity contribution in [2.75, 3.05) is 158 Å². The zero-order valence-electron chi connectivity index (χ0n) is 64.9. The van der Waals surface area contributed by atoms with Crippen LogP contribution in [0.2, 0.25) is 0 Å². The zero-order valence-corrected chi connectivity index (χ0v) is 65.7. The van der Waals surface area contributed by atoms with Crippen LogP contribution in [0.15, 0.2) is 138 Å². The van der Waals surface area contributed by atoms with E-state index >= 15 is 0 Å². The van der Waals surface area contributed by atoms with Crippen molar-refractivity contribution in [2.24, 2.45) is 0 Å². The van der Waals surface area contributed by atoms with Crippen LogP contribution >= 0.6 is 0 Å². The number of Topliss-reactive ketones (excluding diaryl/α,β-unsaturated/α-hetero) is 1. The molecule has 0 spiro atoms. The molecule has 0 amide bonds. The van der Waals surface area contributed by atoms with Gasteiger partial charge in [-0.3, -0.25) is 9.69 Å². The van der Waals surface area contributed by atoms with Gasteiger partial charge in [0, 0.05) is 135 Å². The molecule has 8 aromatic rings. The van der Waals surface area contributed by atoms with Gasteiger partial charge in [0.2, 0.25) is 17.8 Å². The van der Waals surface area contributed by atoms with Gasteiger partial charge in [0.15, 0.2) is 9.84 Å². The lowest BCUT2D eigenvalue weighted by Gasteiger charge is -2.35. The first-order valence-electron chi connectivity index (χ1n) is 35.2. The smallest absolute Gasteiger partial charge is 0.362 e. The first kappa shape index (κ1) is 92.8. The molecule has 0 fully saturated rings. The van der Waals surface area contributed by atoms with Crippen molar-refractivity contribution in [2.45, 2.75) is 82.7 Å². The summed E-state index contributed by atoms with van der Waals surface area (Å²) in [6.07, 6.45) is 4.45. The Bertz CT molecular complexity index is 4040. The van der Waals surface area contributed by atoms with E-state index in [1.807, 2.05) is 79.7 Å². The van der Waals surface area contributed by atoms with Gasteiger partial charge in [-0.2, -0.15) is 19.7 Å². The Morgan fingerprint density at radius 2 is 0.795 bits per heavy atom. The number of aromatic nitrogens is 3. The van der Waals surface area contributed by atoms with Gasteiger partial charge < -0.3 is 104 Å². The van der Waals surface area contributed by atoms with Gasteiger partial charge in [-0.05, 0) is 143 Å². The molecule has 1 atom stereocenters. The van der Waals surface area contributed by atoms with E-state index in [-0.39, 0.29) is 166 Å². The molecule has 1 heterocycles. The number of fused-ring (bicyclic) bond motifs is 1. The molecule has 0 saturated carbocycles. The molecule has 0 radical (unpaired) electrons. The van der Waals surface area contributed by atoms with Crippen molar-refractivity contribution in [3.05, 3.63) is 222 Å². The number of sulfone groups is 1. The van der Waals surface area contributed by atoms with Gasteiger partial charge in [-0.15, -0.1) is 0 Å². The molecule has 112 heavy (non-hydrogen) atoms. The summed E-state index contributed by atoms with van der Waals surface area (Å²) in [4.78, 5) is 33.1. The van der Waals surface area contributed by atoms with E-state index in [2.05, 4.69) is 63.1 Å². The number of phenolic OH excluding ortho intramolecular Hbond substituents is 3. The molecule has 1 aromatic heterocycles. The number of benzene rings is 7. The number of methoxy groups -OCH3 is 9. The Labute approximate surface area is 657 Å². The Morgan fingerprint density at radius 1 is 0.455 bits per heavy atom. The third kappa shape index (κ3) is 23.4. The topological polar surface area (TPSA) is 401 Å². The molecule has 1 aliphatic carbocycles. The van der Waals surface area contributed by atoms with Crippen LogP contribution in [0.3, 0.4) is 0 Å². The predicted molar refractivity (Wildman–Crippen MR) is 427 cm³/mol. The van der Waals surface area contributed by atoms with Crippen LogP contribution in [0.5, 0.6) is 28.7 Å². The van der Waals surface area contributed by atoms with Crippen LogP contribution < -0.4 is 24.2 Å². The number of anilines is 3. The SMILES string of the molecule is C.COCN(CCO)c1nc(N(CCO)COC)nc(N(COC)COC)n1.COCc1cc(C(C)(c2cc(CCO)c(O)c(CCO)c2)c2cc(COC)c(O)c(COC)c2)cc(CCO)c1O.COc1ccc(C(C)(c2ccc(CO)cc2)c2ccc(OC)cc2)cc1.CS(=O)(=O)c1cccc2c1C=CC(=[N+]=[N-])C2=O.[HH]. The predicted octanol–water partition coefficient (Wildman–Crippen LogP) is 8.30. The van der Waals surface area contributed by atoms with Crippen LogP contribution in [-0.2, 0) is 99.5 Å². The lowest BCUT2D eigenvalue weighted by molar-refractivity contribution is -0.00436. The number of rotatable bonds is 37. The number of allylic oxidation sites excluding steroid dienone is 1. The lowest BCUT2D eigenvalue weighted by atomic mass is 9.68. The summed E-state index contributed by atoms with van der Waals surface area (Å²) < 4.78 is 70.6. The van der Waals surface area contributed by atoms with Crippen molar-refractivity contribution in [3.8, 4) is 28.7 Å². The number of ketones is 1. The third-order valence-corrected chi connectivity index (χ3v) is 19.6. The maximum atomic E-state index is 11.8. The van der Waals surface area contributed by atoms with Gasteiger partial charge >= 0.3 is 5.71 Å². The van der Waals surface area contributed by atoms with Crippen molar-refractivity contribution in [1.82, 2.24) is 15.0 Å². The Balaban J connectivity index is 0.000000330. The van der Waals surface area contributed by atoms with E-state index in [1.165, 1.54) is 48.6 Å². The van der Waals surface area contributed by atoms with Crippen LogP contribution in [0, 0.1) is 0 Å². The molecular formula is C82H110N8O21S. The number of phenols is 3. The summed E-state index contributed by atoms with van der Waals surface area (Å²) >= 11 is 0. The maximum Gasteiger partial charge on any atom is 0.362 e. The van der Waals surface area contributed by atoms with E-state index < -0.39 is 21.0 Å². The standard InChI is InChI=1S/C32H42O9.C23H24O3.C15H30N6O6.C11H8N2O3S.CH4.H2/c1-32(26-11-20(5-8-33)29(36)21(12-26)6-9-34,27-13-22(7-10-35)30(37)23(14-27)17-39-2)28-15-24(18-40-3)31(38)25(16-28)19-41-4;1-23(18-6-4-17(16-24)5-7-18,19-8-12-21(25-2)13-9-19)20-10-14-22(26-3)15-11-20;1-24-9-19(5-7-22)13-16-14(20(6-8-23)10-25-2)18-15(17-13)21(11-26-3)12-27-4;1-17(15,16)10-4-2-3-8-7(10)5-6-9(13-12)11(8)14;;/h11-16,33-38H,5-10,17-19H2,1-4H3;4-15,24H,16H2,1-3H3;22-23H,5-12H2,1-4H3;2-6H,1H3;1H4;1H. The van der Waals surface area contributed by atoms with Crippen molar-refractivity contribution >= 4 is 45.3 Å². The minimum absolute atomic E-state index is 0. The lowest BCUT2D eigenvalue weighted by Crippen LogP contribution is -2.36. The molecule has 0 aliphatic heterocycles. The monoisotopic (exact) mass is 1570 g/mol. The van der Waals surface area contributed by atoms with Crippen LogP contribution in [0.25, 0.3) is 11.6 Å². The number of hydrogen-bond donors (Lipinski definition) is 9. The highest BCUT2D eigenvalue weighted by molar-refractivity contribution is 7.90. The molecule has 9 rings (SSSR count). The summed E-state index contributed by atoms with van der Waals surface area (Å²) in [7, 11) is 10.8. The molecule has 0 saturated heterocycles. The first-order chi connectivity index (χ1) is 53.4. The number of aliphatic hydroxyl groups excluding tert-OH is 6. The third-order valence-electron chi connectivity index (χ3n) is 18.4. The van der Waals surface area contributed by atoms with Crippen molar-refractivity contribution in [1.29, 1.82) is 0 Å². The number of ether oxygens (including phenoxy) is 9. The minimum Gasteiger partial charge on any atom is -0.507 e. The number of aliphatic hydroxyl groups is 6. The number of hydrogen-bond acceptors (Lipinski definition) is 27. The number of carbonyl (C=O) groups excluding carboxylic acids is 1. The molecule has 29 nitrogen and oxygen atoms in total. The van der Waals surface area contributed by atoms with E-state index in [1.54, 1.807) is 71.6 Å². The number of nitrogens with zero attached hydrogens (tertiary/aromatic N) is 8. The Morgan fingerprint density at radius 3 is 1.12 bits per heavy atom. The molecule has 9 N–H and O–H groups in total. The highest BCUT2D eigenvalue weighted by Crippen LogP contribution is 2.46. The highest BCUT2D eigenvalue weighted by Gasteiger charge is 2.37. The number of carbonyl (C=O) groups is 1. The average Bonchev–Trinajstić information content (AvgIpc) is 0.738. The molecular weight excluding hydrogens is 1470 g/mol. The second-order valence-electron chi connectivity index (χ2n) is 25.8. The van der Waals surface area contributed by atoms with E-state index in [0.717, 1.165) is 45.6 Å². The highest BCUT2D eigenvalue weighted by atomic mass is 32.2. The molecule has 7 aromatic carbocycles. The average molecular weight is 1580 g/mol. The van der Waals surface area contributed by atoms with E-state index in [4.69, 9.17) is 48.2 Å². The molecule has 0 bridgehead atoms. The summed E-state index contributed by atoms with van der Waals surface area (Å²) in [6.45, 7) is 5.26. The maximum absolute atomic E-state index is 11.8. The van der Waals surface area contributed by atoms with Gasteiger partial charge in [0.1, 0.15) is 55.7 Å². The van der Waals surface area contributed by atoms with Gasteiger partial charge in [0.25, 0.3) is 5.78 Å². The molecule has 1 aliphatic rings. The second kappa shape index (κ2) is 45.6. The number of aromatic hydroxyl groups is 3. The second-order valence-corrected chi connectivity index (χ2v) is 27.8. The Hall–Kier alpha value is -9.83. The zero-order chi connectivity index (χ0) is 81.4. The van der Waals surface area contributed by atoms with Crippen molar-refractivity contribution < 1.29 is 108 Å². The fourth-order valence-corrected chi connectivity index (χ4v) is 13.5. The fourth-order valence-electron chi connectivity index (χ4n) is 12.6. The van der Waals surface area contributed by atoms with Crippen LogP contribution in [0.4, 0.5) is 17.8 Å². The largest absolute Gasteiger partial charge is 0.507 e. The molecule has 1 unspecified atom stereocenters. The van der Waals surface area contributed by atoms with Crippen LogP contribution in [0.1, 0.15) is 111 Å². The van der Waals surface area contributed by atoms with Crippen LogP contribution in [-0.4, -0.2) is 229 Å². The van der Waals surface area contributed by atoms with E-state index in [0.29, 0.717) is 56.8 Å². The summed E-state index contributed by atoms with van der Waals surface area (Å²) in [5, 5.41) is 90.2. The fraction of sp³-hybridized carbons (Fsp3) is 0.402. The minimum atomic E-state index is -3.40. The summed E-state index contributed by atoms with van der Waals surface area (Å²) in [5.41, 5.74) is 17.7. The quantitative estimate of drug-likeness (QED) is 0.00764. The Kier molecular flexibility index (Phi) is 37.8. The van der Waals surface area contributed by atoms with E-state index in [9.17, 15) is 59.2 Å². The molecule has 610 valence electrons. The van der Waals surface area contributed by atoms with Crippen molar-refractivity contribution in [3.63, 3.8) is 0 Å². The van der Waals surface area contributed by atoms with Gasteiger partial charge in [0.05, 0.1) is 58.8 Å².